The molecular weight excluding hydrogens is 362 g/mol. The first-order chi connectivity index (χ1) is 10.0. The van der Waals surface area contributed by atoms with Gasteiger partial charge in [0.05, 0.1) is 11.2 Å². The summed E-state index contributed by atoms with van der Waals surface area (Å²) >= 11 is 4.91. The second kappa shape index (κ2) is 5.81. The predicted molar refractivity (Wildman–Crippen MR) is 83.4 cm³/mol. The fraction of sp³-hybridized carbons (Fsp3) is 0.214. The average Bonchev–Trinajstić information content (AvgIpc) is 2.73. The van der Waals surface area contributed by atoms with Crippen molar-refractivity contribution in [3.63, 3.8) is 0 Å². The summed E-state index contributed by atoms with van der Waals surface area (Å²) in [7, 11) is 0. The smallest absolute Gasteiger partial charge is 0.174 e. The first-order valence-electron chi connectivity index (χ1n) is 6.21. The average molecular weight is 373 g/mol. The van der Waals surface area contributed by atoms with E-state index in [9.17, 15) is 8.78 Å². The van der Waals surface area contributed by atoms with Crippen LogP contribution in [0.5, 0.6) is 5.75 Å². The normalized spacial score (nSPS) is 18.1. The van der Waals surface area contributed by atoms with Crippen LogP contribution in [0.25, 0.3) is 0 Å². The molecular formula is C14H11BrF2N2OS. The summed E-state index contributed by atoms with van der Waals surface area (Å²) < 4.78 is 33.2. The topological polar surface area (TPSA) is 24.8 Å². The number of benzene rings is 1. The number of hydrogen-bond acceptors (Lipinski definition) is 4. The molecule has 3 rings (SSSR count). The number of fused-ring (bicyclic) bond motifs is 1. The van der Waals surface area contributed by atoms with E-state index in [4.69, 9.17) is 4.74 Å². The molecule has 0 unspecified atom stereocenters. The molecule has 0 atom stereocenters. The minimum atomic E-state index is -0.338. The molecule has 2 aliphatic heterocycles. The second-order valence-electron chi connectivity index (χ2n) is 4.52. The monoisotopic (exact) mass is 372 g/mol. The maximum atomic E-state index is 14.1. The molecule has 0 saturated heterocycles. The van der Waals surface area contributed by atoms with Gasteiger partial charge >= 0.3 is 0 Å². The third kappa shape index (κ3) is 2.98. The lowest BCUT2D eigenvalue weighted by molar-refractivity contribution is 0.338. The molecule has 110 valence electrons. The summed E-state index contributed by atoms with van der Waals surface area (Å²) in [5.74, 6) is -0.183. The molecule has 1 aromatic carbocycles. The van der Waals surface area contributed by atoms with E-state index in [0.717, 1.165) is 14.7 Å². The molecule has 21 heavy (non-hydrogen) atoms. The molecule has 7 heteroatoms. The number of ether oxygens (including phenoxy) is 1. The molecule has 1 aromatic rings. The lowest BCUT2D eigenvalue weighted by Gasteiger charge is -2.23. The molecule has 2 aliphatic rings. The first kappa shape index (κ1) is 14.6. The summed E-state index contributed by atoms with van der Waals surface area (Å²) in [6.45, 7) is 2.11. The van der Waals surface area contributed by atoms with Gasteiger partial charge in [-0.2, -0.15) is 0 Å². The highest BCUT2D eigenvalue weighted by Crippen LogP contribution is 2.40. The van der Waals surface area contributed by atoms with Crippen molar-refractivity contribution in [2.75, 3.05) is 13.2 Å². The van der Waals surface area contributed by atoms with Gasteiger partial charge in [0.2, 0.25) is 0 Å². The van der Waals surface area contributed by atoms with Crippen LogP contribution >= 0.6 is 27.7 Å². The number of thioether (sulfide) groups is 1. The highest BCUT2D eigenvalue weighted by molar-refractivity contribution is 9.11. The van der Waals surface area contributed by atoms with Gasteiger partial charge in [-0.1, -0.05) is 11.8 Å². The third-order valence-electron chi connectivity index (χ3n) is 3.03. The van der Waals surface area contributed by atoms with E-state index in [1.807, 2.05) is 6.92 Å². The van der Waals surface area contributed by atoms with Gasteiger partial charge in [0.1, 0.15) is 29.7 Å². The van der Waals surface area contributed by atoms with Gasteiger partial charge in [-0.3, -0.25) is 0 Å². The van der Waals surface area contributed by atoms with E-state index in [0.29, 0.717) is 5.75 Å². The van der Waals surface area contributed by atoms with Gasteiger partial charge in [-0.15, -0.1) is 0 Å². The predicted octanol–water partition coefficient (Wildman–Crippen LogP) is 4.39. The Kier molecular flexibility index (Phi) is 4.03. The van der Waals surface area contributed by atoms with E-state index < -0.39 is 0 Å². The van der Waals surface area contributed by atoms with Crippen molar-refractivity contribution in [2.45, 2.75) is 6.92 Å². The Bertz CT molecular complexity index is 670. The highest BCUT2D eigenvalue weighted by Gasteiger charge is 2.31. The molecule has 0 aromatic heterocycles. The summed E-state index contributed by atoms with van der Waals surface area (Å²) in [5, 5.41) is 0.735. The lowest BCUT2D eigenvalue weighted by atomic mass is 10.3. The Morgan fingerprint density at radius 1 is 1.33 bits per heavy atom. The standard InChI is InChI=1S/C14H11BrF2N2OS/c1-8-13(15)19-6-11(17)12(18-14(19)21-8)7-20-10-4-2-9(16)3-5-10/h2-5H,6-7H2,1H3. The summed E-state index contributed by atoms with van der Waals surface area (Å²) in [5.41, 5.74) is 0.271. The zero-order valence-electron chi connectivity index (χ0n) is 11.1. The van der Waals surface area contributed by atoms with Crippen LogP contribution < -0.4 is 4.74 Å². The molecule has 0 saturated carbocycles. The minimum absolute atomic E-state index is 0.0199. The Hall–Kier alpha value is -1.34. The molecule has 0 amide bonds. The summed E-state index contributed by atoms with van der Waals surface area (Å²) in [6, 6.07) is 5.60. The number of nitrogens with zero attached hydrogens (tertiary/aromatic N) is 2. The molecule has 3 nitrogen and oxygen atoms in total. The summed E-state index contributed by atoms with van der Waals surface area (Å²) in [4.78, 5) is 7.12. The van der Waals surface area contributed by atoms with Crippen molar-refractivity contribution < 1.29 is 13.5 Å². The zero-order chi connectivity index (χ0) is 15.0. The van der Waals surface area contributed by atoms with E-state index in [1.165, 1.54) is 36.0 Å². The Morgan fingerprint density at radius 3 is 2.76 bits per heavy atom. The summed E-state index contributed by atoms with van der Waals surface area (Å²) in [6.07, 6.45) is 0. The minimum Gasteiger partial charge on any atom is -0.487 e. The Balaban J connectivity index is 1.71. The van der Waals surface area contributed by atoms with Crippen LogP contribution in [0.2, 0.25) is 0 Å². The molecule has 2 heterocycles. The highest BCUT2D eigenvalue weighted by atomic mass is 79.9. The fourth-order valence-corrected chi connectivity index (χ4v) is 3.47. The van der Waals surface area contributed by atoms with Crippen LogP contribution in [-0.2, 0) is 0 Å². The van der Waals surface area contributed by atoms with E-state index in [-0.39, 0.29) is 30.5 Å². The Labute approximate surface area is 133 Å². The van der Waals surface area contributed by atoms with E-state index in [1.54, 1.807) is 4.90 Å². The van der Waals surface area contributed by atoms with E-state index in [2.05, 4.69) is 20.9 Å². The van der Waals surface area contributed by atoms with Crippen molar-refractivity contribution >= 4 is 32.9 Å². The van der Waals surface area contributed by atoms with Gasteiger partial charge in [-0.25, -0.2) is 13.8 Å². The van der Waals surface area contributed by atoms with Crippen molar-refractivity contribution in [1.29, 1.82) is 0 Å². The largest absolute Gasteiger partial charge is 0.487 e. The van der Waals surface area contributed by atoms with Crippen molar-refractivity contribution in [3.05, 3.63) is 51.1 Å². The molecule has 0 radical (unpaired) electrons. The third-order valence-corrected chi connectivity index (χ3v) is 5.31. The molecule has 0 bridgehead atoms. The zero-order valence-corrected chi connectivity index (χ0v) is 13.5. The molecule has 0 fully saturated rings. The molecule has 0 spiro atoms. The van der Waals surface area contributed by atoms with Crippen LogP contribution in [-0.4, -0.2) is 23.2 Å². The van der Waals surface area contributed by atoms with Gasteiger partial charge in [0.25, 0.3) is 0 Å². The van der Waals surface area contributed by atoms with Crippen LogP contribution in [0.1, 0.15) is 6.92 Å². The fourth-order valence-electron chi connectivity index (χ4n) is 1.93. The van der Waals surface area contributed by atoms with Crippen LogP contribution in [0.15, 0.2) is 50.3 Å². The van der Waals surface area contributed by atoms with Gasteiger partial charge < -0.3 is 9.64 Å². The van der Waals surface area contributed by atoms with Crippen molar-refractivity contribution in [3.8, 4) is 5.75 Å². The maximum absolute atomic E-state index is 14.1. The van der Waals surface area contributed by atoms with Gasteiger partial charge in [0.15, 0.2) is 5.17 Å². The van der Waals surface area contributed by atoms with Crippen LogP contribution in [0.3, 0.4) is 0 Å². The number of rotatable bonds is 3. The maximum Gasteiger partial charge on any atom is 0.174 e. The number of allylic oxidation sites excluding steroid dienone is 1. The Morgan fingerprint density at radius 2 is 2.05 bits per heavy atom. The van der Waals surface area contributed by atoms with Gasteiger partial charge in [0, 0.05) is 4.91 Å². The number of aliphatic imine (C=N–C) groups is 1. The van der Waals surface area contributed by atoms with Crippen LogP contribution in [0, 0.1) is 5.82 Å². The van der Waals surface area contributed by atoms with Gasteiger partial charge in [-0.05, 0) is 47.1 Å². The van der Waals surface area contributed by atoms with Crippen molar-refractivity contribution in [2.24, 2.45) is 4.99 Å². The quantitative estimate of drug-likeness (QED) is 0.735. The lowest BCUT2D eigenvalue weighted by Crippen LogP contribution is -2.28. The van der Waals surface area contributed by atoms with Crippen molar-refractivity contribution in [1.82, 2.24) is 4.90 Å². The SMILES string of the molecule is CC1=C(Br)N2CC(F)=C(COc3ccc(F)cc3)N=C2S1. The second-order valence-corrected chi connectivity index (χ2v) is 6.46. The molecule has 0 N–H and O–H groups in total. The van der Waals surface area contributed by atoms with Crippen LogP contribution in [0.4, 0.5) is 8.78 Å². The molecule has 0 aliphatic carbocycles. The van der Waals surface area contributed by atoms with E-state index >= 15 is 0 Å². The number of amidine groups is 1. The number of hydrogen-bond donors (Lipinski definition) is 0. The number of halogens is 3. The first-order valence-corrected chi connectivity index (χ1v) is 7.82.